The highest BCUT2D eigenvalue weighted by Crippen LogP contribution is 2.29. The fourth-order valence-electron chi connectivity index (χ4n) is 3.16. The van der Waals surface area contributed by atoms with Gasteiger partial charge in [-0.2, -0.15) is 0 Å². The summed E-state index contributed by atoms with van der Waals surface area (Å²) in [5.74, 6) is -0.531. The maximum atomic E-state index is 13.2. The van der Waals surface area contributed by atoms with Crippen molar-refractivity contribution >= 4 is 33.0 Å². The van der Waals surface area contributed by atoms with E-state index in [1.165, 1.54) is 25.6 Å². The molecule has 1 aromatic carbocycles. The summed E-state index contributed by atoms with van der Waals surface area (Å²) in [6.45, 7) is 3.63. The van der Waals surface area contributed by atoms with Crippen molar-refractivity contribution in [2.75, 3.05) is 36.1 Å². The summed E-state index contributed by atoms with van der Waals surface area (Å²) < 4.78 is 34.1. The lowest BCUT2D eigenvalue weighted by Gasteiger charge is -2.17. The number of para-hydroxylation sites is 1. The van der Waals surface area contributed by atoms with Crippen LogP contribution in [0.25, 0.3) is 0 Å². The molecule has 0 bridgehead atoms. The SMILES string of the molecule is COc1ncc(NC(=O)c2cnccc2N(C)C)cc1S(=O)(=O)Nc1c(C)cccc1C. The minimum atomic E-state index is -4.05. The van der Waals surface area contributed by atoms with E-state index in [1.807, 2.05) is 46.1 Å². The first kappa shape index (κ1) is 23.0. The molecule has 0 atom stereocenters. The van der Waals surface area contributed by atoms with Gasteiger partial charge in [-0.15, -0.1) is 0 Å². The van der Waals surface area contributed by atoms with Gasteiger partial charge in [0.05, 0.1) is 35.9 Å². The Morgan fingerprint density at radius 1 is 1.09 bits per heavy atom. The molecule has 0 saturated carbocycles. The third kappa shape index (κ3) is 4.80. The first-order valence-electron chi connectivity index (χ1n) is 9.70. The number of ether oxygens (including phenoxy) is 1. The van der Waals surface area contributed by atoms with E-state index in [2.05, 4.69) is 20.0 Å². The fraction of sp³-hybridized carbons (Fsp3) is 0.227. The second-order valence-electron chi connectivity index (χ2n) is 7.35. The predicted molar refractivity (Wildman–Crippen MR) is 124 cm³/mol. The number of anilines is 3. The van der Waals surface area contributed by atoms with Gasteiger partial charge in [-0.1, -0.05) is 18.2 Å². The average molecular weight is 456 g/mol. The summed E-state index contributed by atoms with van der Waals surface area (Å²) in [7, 11) is 0.897. The molecule has 2 heterocycles. The standard InChI is InChI=1S/C22H25N5O4S/c1-14-7-6-8-15(2)20(14)26-32(29,30)19-11-16(12-24-22(19)31-5)25-21(28)17-13-23-10-9-18(17)27(3)4/h6-13,26H,1-5H3,(H,25,28). The number of nitrogens with zero attached hydrogens (tertiary/aromatic N) is 3. The maximum absolute atomic E-state index is 13.2. The van der Waals surface area contributed by atoms with Crippen LogP contribution in [-0.4, -0.2) is 45.5 Å². The number of hydrogen-bond acceptors (Lipinski definition) is 7. The Morgan fingerprint density at radius 2 is 1.78 bits per heavy atom. The number of pyridine rings is 2. The zero-order valence-electron chi connectivity index (χ0n) is 18.5. The molecule has 0 aliphatic rings. The highest BCUT2D eigenvalue weighted by atomic mass is 32.2. The van der Waals surface area contributed by atoms with E-state index in [-0.39, 0.29) is 16.5 Å². The largest absolute Gasteiger partial charge is 0.480 e. The molecule has 0 aliphatic heterocycles. The maximum Gasteiger partial charge on any atom is 0.267 e. The summed E-state index contributed by atoms with van der Waals surface area (Å²) in [6.07, 6.45) is 4.37. The molecule has 9 nitrogen and oxygen atoms in total. The molecular weight excluding hydrogens is 430 g/mol. The van der Waals surface area contributed by atoms with Gasteiger partial charge in [0.1, 0.15) is 0 Å². The molecule has 3 aromatic rings. The van der Waals surface area contributed by atoms with Crippen molar-refractivity contribution < 1.29 is 17.9 Å². The van der Waals surface area contributed by atoms with Crippen molar-refractivity contribution in [1.82, 2.24) is 9.97 Å². The van der Waals surface area contributed by atoms with Crippen LogP contribution in [0.3, 0.4) is 0 Å². The molecule has 1 amide bonds. The van der Waals surface area contributed by atoms with E-state index in [0.29, 0.717) is 16.9 Å². The Hall–Kier alpha value is -3.66. The summed E-state index contributed by atoms with van der Waals surface area (Å²) in [6, 6.07) is 8.50. The molecule has 3 rings (SSSR count). The van der Waals surface area contributed by atoms with Gasteiger partial charge in [-0.3, -0.25) is 14.5 Å². The van der Waals surface area contributed by atoms with Crippen LogP contribution in [-0.2, 0) is 10.0 Å². The lowest BCUT2D eigenvalue weighted by molar-refractivity contribution is 0.102. The van der Waals surface area contributed by atoms with E-state index in [1.54, 1.807) is 17.2 Å². The Morgan fingerprint density at radius 3 is 2.41 bits per heavy atom. The minimum Gasteiger partial charge on any atom is -0.480 e. The summed E-state index contributed by atoms with van der Waals surface area (Å²) >= 11 is 0. The summed E-state index contributed by atoms with van der Waals surface area (Å²) in [5.41, 5.74) is 3.24. The van der Waals surface area contributed by atoms with Crippen LogP contribution in [0.15, 0.2) is 53.8 Å². The molecule has 2 aromatic heterocycles. The van der Waals surface area contributed by atoms with Gasteiger partial charge in [0.25, 0.3) is 15.9 Å². The third-order valence-corrected chi connectivity index (χ3v) is 6.15. The molecule has 0 spiro atoms. The second-order valence-corrected chi connectivity index (χ2v) is 9.00. The number of sulfonamides is 1. The monoisotopic (exact) mass is 455 g/mol. The highest BCUT2D eigenvalue weighted by Gasteiger charge is 2.24. The van der Waals surface area contributed by atoms with Crippen LogP contribution < -0.4 is 19.7 Å². The van der Waals surface area contributed by atoms with Crippen molar-refractivity contribution in [3.63, 3.8) is 0 Å². The van der Waals surface area contributed by atoms with Crippen LogP contribution in [0.5, 0.6) is 5.88 Å². The number of nitrogens with one attached hydrogen (secondary N) is 2. The Kier molecular flexibility index (Phi) is 6.64. The third-order valence-electron chi connectivity index (χ3n) is 4.80. The number of hydrogen-bond donors (Lipinski definition) is 2. The zero-order chi connectivity index (χ0) is 23.5. The van der Waals surface area contributed by atoms with E-state index >= 15 is 0 Å². The Labute approximate surface area is 187 Å². The van der Waals surface area contributed by atoms with Crippen LogP contribution in [0, 0.1) is 13.8 Å². The van der Waals surface area contributed by atoms with Crippen LogP contribution in [0.2, 0.25) is 0 Å². The highest BCUT2D eigenvalue weighted by molar-refractivity contribution is 7.92. The van der Waals surface area contributed by atoms with Gasteiger partial charge in [0, 0.05) is 26.5 Å². The van der Waals surface area contributed by atoms with Crippen molar-refractivity contribution in [1.29, 1.82) is 0 Å². The molecule has 2 N–H and O–H groups in total. The zero-order valence-corrected chi connectivity index (χ0v) is 19.3. The second kappa shape index (κ2) is 9.23. The van der Waals surface area contributed by atoms with E-state index in [4.69, 9.17) is 4.74 Å². The number of amides is 1. The number of carbonyl (C=O) groups excluding carboxylic acids is 1. The average Bonchev–Trinajstić information content (AvgIpc) is 2.76. The van der Waals surface area contributed by atoms with Crippen molar-refractivity contribution in [2.45, 2.75) is 18.7 Å². The summed E-state index contributed by atoms with van der Waals surface area (Å²) in [5, 5.41) is 2.69. The molecule has 0 saturated heterocycles. The van der Waals surface area contributed by atoms with Crippen LogP contribution in [0.4, 0.5) is 17.1 Å². The van der Waals surface area contributed by atoms with Gasteiger partial charge in [0.2, 0.25) is 5.88 Å². The number of aromatic nitrogens is 2. The molecule has 168 valence electrons. The smallest absolute Gasteiger partial charge is 0.267 e. The minimum absolute atomic E-state index is 0.0860. The lowest BCUT2D eigenvalue weighted by Crippen LogP contribution is -2.20. The molecular formula is C22H25N5O4S. The van der Waals surface area contributed by atoms with Crippen LogP contribution >= 0.6 is 0 Å². The molecule has 0 radical (unpaired) electrons. The molecule has 0 fully saturated rings. The Balaban J connectivity index is 1.96. The molecule has 32 heavy (non-hydrogen) atoms. The van der Waals surface area contributed by atoms with Crippen molar-refractivity contribution in [2.24, 2.45) is 0 Å². The van der Waals surface area contributed by atoms with Crippen molar-refractivity contribution in [3.8, 4) is 5.88 Å². The number of methoxy groups -OCH3 is 1. The van der Waals surface area contributed by atoms with Gasteiger partial charge in [0.15, 0.2) is 4.90 Å². The quantitative estimate of drug-likeness (QED) is 0.562. The number of aryl methyl sites for hydroxylation is 2. The van der Waals surface area contributed by atoms with E-state index < -0.39 is 15.9 Å². The Bertz CT molecular complexity index is 1240. The van der Waals surface area contributed by atoms with E-state index in [9.17, 15) is 13.2 Å². The van der Waals surface area contributed by atoms with Gasteiger partial charge in [-0.05, 0) is 37.1 Å². The predicted octanol–water partition coefficient (Wildman–Crippen LogP) is 3.22. The first-order chi connectivity index (χ1) is 15.1. The number of benzene rings is 1. The van der Waals surface area contributed by atoms with Crippen LogP contribution in [0.1, 0.15) is 21.5 Å². The molecule has 10 heteroatoms. The fourth-order valence-corrected chi connectivity index (χ4v) is 4.51. The van der Waals surface area contributed by atoms with E-state index in [0.717, 1.165) is 11.1 Å². The number of rotatable bonds is 7. The first-order valence-corrected chi connectivity index (χ1v) is 11.2. The van der Waals surface area contributed by atoms with Gasteiger partial charge < -0.3 is 15.0 Å². The molecule has 0 aliphatic carbocycles. The topological polar surface area (TPSA) is 114 Å². The van der Waals surface area contributed by atoms with Gasteiger partial charge in [-0.25, -0.2) is 13.4 Å². The lowest BCUT2D eigenvalue weighted by atomic mass is 10.1. The van der Waals surface area contributed by atoms with Crippen molar-refractivity contribution in [3.05, 3.63) is 65.6 Å². The number of carbonyl (C=O) groups is 1. The van der Waals surface area contributed by atoms with Gasteiger partial charge >= 0.3 is 0 Å². The normalized spacial score (nSPS) is 11.0. The summed E-state index contributed by atoms with van der Waals surface area (Å²) in [4.78, 5) is 22.5. The molecule has 0 unspecified atom stereocenters.